The lowest BCUT2D eigenvalue weighted by Gasteiger charge is -1.97. The number of carbonyl (C=O) groups is 1. The number of halogens is 1. The van der Waals surface area contributed by atoms with Crippen LogP contribution < -0.4 is 0 Å². The Bertz CT molecular complexity index is 72.1. The highest BCUT2D eigenvalue weighted by Gasteiger charge is 2.04. The molecule has 3 heteroatoms. The first-order valence-electron chi connectivity index (χ1n) is 1.85. The monoisotopic (exact) mass is 122 g/mol. The van der Waals surface area contributed by atoms with Gasteiger partial charge < -0.3 is 4.74 Å². The highest BCUT2D eigenvalue weighted by Crippen LogP contribution is 1.95. The van der Waals surface area contributed by atoms with Gasteiger partial charge in [0.2, 0.25) is 0 Å². The molecular weight excluding hydrogens is 115 g/mol. The summed E-state index contributed by atoms with van der Waals surface area (Å²) in [6, 6.07) is 0. The van der Waals surface area contributed by atoms with E-state index in [2.05, 4.69) is 4.74 Å². The third-order valence-corrected chi connectivity index (χ3v) is 1.01. The minimum atomic E-state index is -0.764. The largest absolute Gasteiger partial charge is 0.358 e. The number of hydrogen-bond donors (Lipinski definition) is 0. The zero-order chi connectivity index (χ0) is 5.86. The summed E-state index contributed by atoms with van der Waals surface area (Å²) in [5.74, 6) is -0.163. The second-order valence-corrected chi connectivity index (χ2v) is 1.56. The third kappa shape index (κ3) is 2.60. The van der Waals surface area contributed by atoms with Crippen LogP contribution in [0.2, 0.25) is 0 Å². The fraction of sp³-hybridized carbons (Fsp3) is 0.750. The molecule has 0 heterocycles. The van der Waals surface area contributed by atoms with Crippen molar-refractivity contribution in [2.24, 2.45) is 0 Å². The minimum Gasteiger partial charge on any atom is -0.358 e. The molecule has 0 aliphatic carbocycles. The molecular formula is C4H7ClO2. The average molecular weight is 123 g/mol. The topological polar surface area (TPSA) is 26.3 Å². The van der Waals surface area contributed by atoms with E-state index in [1.54, 1.807) is 0 Å². The smallest absolute Gasteiger partial charge is 0.188 e. The minimum absolute atomic E-state index is 0.163. The van der Waals surface area contributed by atoms with Crippen LogP contribution in [0.15, 0.2) is 0 Å². The zero-order valence-corrected chi connectivity index (χ0v) is 5.03. The van der Waals surface area contributed by atoms with Crippen molar-refractivity contribution in [3.8, 4) is 0 Å². The lowest BCUT2D eigenvalue weighted by molar-refractivity contribution is -0.122. The summed E-state index contributed by atoms with van der Waals surface area (Å²) in [5.41, 5.74) is -0.764. The van der Waals surface area contributed by atoms with E-state index >= 15 is 0 Å². The van der Waals surface area contributed by atoms with E-state index in [4.69, 9.17) is 11.6 Å². The van der Waals surface area contributed by atoms with Crippen molar-refractivity contribution in [2.45, 2.75) is 12.5 Å². The Morgan fingerprint density at radius 3 is 2.29 bits per heavy atom. The van der Waals surface area contributed by atoms with Crippen molar-refractivity contribution in [3.63, 3.8) is 0 Å². The van der Waals surface area contributed by atoms with Gasteiger partial charge in [0.25, 0.3) is 0 Å². The van der Waals surface area contributed by atoms with Crippen LogP contribution in [-0.4, -0.2) is 18.5 Å². The van der Waals surface area contributed by atoms with Gasteiger partial charge in [-0.3, -0.25) is 4.79 Å². The summed E-state index contributed by atoms with van der Waals surface area (Å²) < 4.78 is 4.43. The zero-order valence-electron chi connectivity index (χ0n) is 4.27. The average Bonchev–Trinajstić information content (AvgIpc) is 1.65. The molecule has 2 nitrogen and oxygen atoms in total. The van der Waals surface area contributed by atoms with Crippen LogP contribution in [0.25, 0.3) is 0 Å². The van der Waals surface area contributed by atoms with Crippen LogP contribution >= 0.6 is 11.6 Å². The molecule has 0 aromatic heterocycles. The van der Waals surface area contributed by atoms with Crippen molar-refractivity contribution < 1.29 is 9.53 Å². The van der Waals surface area contributed by atoms with Crippen LogP contribution in [0.5, 0.6) is 0 Å². The maximum absolute atomic E-state index is 10.1. The lowest BCUT2D eigenvalue weighted by atomic mass is 10.5. The SMILES string of the molecule is CO[C@@H](Cl)C(C)=O. The molecule has 42 valence electrons. The first-order chi connectivity index (χ1) is 3.18. The van der Waals surface area contributed by atoms with Crippen molar-refractivity contribution in [1.29, 1.82) is 0 Å². The van der Waals surface area contributed by atoms with Crippen molar-refractivity contribution in [1.82, 2.24) is 0 Å². The quantitative estimate of drug-likeness (QED) is 0.506. The fourth-order valence-electron chi connectivity index (χ4n) is 0.166. The molecule has 7 heavy (non-hydrogen) atoms. The molecule has 0 unspecified atom stereocenters. The molecule has 0 saturated carbocycles. The molecule has 1 atom stereocenters. The Labute approximate surface area is 47.4 Å². The van der Waals surface area contributed by atoms with Crippen LogP contribution in [-0.2, 0) is 9.53 Å². The van der Waals surface area contributed by atoms with Crippen LogP contribution in [0.3, 0.4) is 0 Å². The van der Waals surface area contributed by atoms with E-state index in [9.17, 15) is 4.79 Å². The standard InChI is InChI=1S/C4H7ClO2/c1-3(6)4(5)7-2/h4H,1-2H3/t4-/m1/s1. The number of Topliss-reactive ketones (excluding diaryl/α,β-unsaturated/α-hetero) is 1. The first-order valence-corrected chi connectivity index (χ1v) is 2.29. The third-order valence-electron chi connectivity index (χ3n) is 0.527. The molecule has 0 bridgehead atoms. The number of ketones is 1. The van der Waals surface area contributed by atoms with Gasteiger partial charge in [-0.15, -0.1) is 0 Å². The van der Waals surface area contributed by atoms with Crippen LogP contribution in [0.4, 0.5) is 0 Å². The molecule has 0 aliphatic heterocycles. The molecule has 0 aromatic rings. The summed E-state index contributed by atoms with van der Waals surface area (Å²) in [6.45, 7) is 1.38. The van der Waals surface area contributed by atoms with Gasteiger partial charge in [0.1, 0.15) is 0 Å². The predicted octanol–water partition coefficient (Wildman–Crippen LogP) is 0.787. The van der Waals surface area contributed by atoms with E-state index in [-0.39, 0.29) is 5.78 Å². The predicted molar refractivity (Wildman–Crippen MR) is 27.3 cm³/mol. The highest BCUT2D eigenvalue weighted by molar-refractivity contribution is 6.29. The summed E-state index contributed by atoms with van der Waals surface area (Å²) in [5, 5.41) is 0. The van der Waals surface area contributed by atoms with Gasteiger partial charge in [-0.1, -0.05) is 11.6 Å². The fourth-order valence-corrected chi connectivity index (χ4v) is 0.166. The Morgan fingerprint density at radius 2 is 2.29 bits per heavy atom. The molecule has 0 saturated heterocycles. The van der Waals surface area contributed by atoms with E-state index in [1.807, 2.05) is 0 Å². The Balaban J connectivity index is 3.34. The van der Waals surface area contributed by atoms with Gasteiger partial charge in [-0.2, -0.15) is 0 Å². The molecule has 0 N–H and O–H groups in total. The van der Waals surface area contributed by atoms with E-state index in [1.165, 1.54) is 14.0 Å². The van der Waals surface area contributed by atoms with Gasteiger partial charge in [0, 0.05) is 7.11 Å². The molecule has 0 spiro atoms. The molecule has 0 rings (SSSR count). The summed E-state index contributed by atoms with van der Waals surface area (Å²) in [7, 11) is 1.39. The molecule has 0 fully saturated rings. The maximum Gasteiger partial charge on any atom is 0.188 e. The van der Waals surface area contributed by atoms with Gasteiger partial charge in [0.05, 0.1) is 0 Å². The van der Waals surface area contributed by atoms with Gasteiger partial charge in [-0.25, -0.2) is 0 Å². The van der Waals surface area contributed by atoms with E-state index in [0.717, 1.165) is 0 Å². The van der Waals surface area contributed by atoms with Gasteiger partial charge in [0.15, 0.2) is 11.3 Å². The molecule has 0 amide bonds. The summed E-state index contributed by atoms with van der Waals surface area (Å²) in [4.78, 5) is 10.1. The number of alkyl halides is 1. The number of carbonyl (C=O) groups excluding carboxylic acids is 1. The van der Waals surface area contributed by atoms with E-state index in [0.29, 0.717) is 0 Å². The lowest BCUT2D eigenvalue weighted by Crippen LogP contribution is -2.11. The summed E-state index contributed by atoms with van der Waals surface area (Å²) in [6.07, 6.45) is 0. The number of rotatable bonds is 2. The molecule has 0 radical (unpaired) electrons. The van der Waals surface area contributed by atoms with Crippen LogP contribution in [0.1, 0.15) is 6.92 Å². The van der Waals surface area contributed by atoms with Crippen molar-refractivity contribution in [3.05, 3.63) is 0 Å². The highest BCUT2D eigenvalue weighted by atomic mass is 35.5. The Kier molecular flexibility index (Phi) is 2.96. The van der Waals surface area contributed by atoms with Crippen LogP contribution in [0, 0.1) is 0 Å². The molecule has 0 aliphatic rings. The normalized spacial score (nSPS) is 13.6. The van der Waals surface area contributed by atoms with Gasteiger partial charge >= 0.3 is 0 Å². The maximum atomic E-state index is 10.1. The Morgan fingerprint density at radius 1 is 1.86 bits per heavy atom. The Hall–Kier alpha value is -0.0800. The van der Waals surface area contributed by atoms with Crippen molar-refractivity contribution >= 4 is 17.4 Å². The second-order valence-electron chi connectivity index (χ2n) is 1.16. The summed E-state index contributed by atoms with van der Waals surface area (Å²) >= 11 is 5.23. The van der Waals surface area contributed by atoms with Crippen molar-refractivity contribution in [2.75, 3.05) is 7.11 Å². The number of methoxy groups -OCH3 is 1. The van der Waals surface area contributed by atoms with E-state index < -0.39 is 5.56 Å². The second kappa shape index (κ2) is 2.99. The molecule has 0 aromatic carbocycles. The van der Waals surface area contributed by atoms with Gasteiger partial charge in [-0.05, 0) is 6.92 Å². The number of ether oxygens (including phenoxy) is 1. The first kappa shape index (κ1) is 6.92. The number of hydrogen-bond acceptors (Lipinski definition) is 2.